The Bertz CT molecular complexity index is 6490. The largest absolute Gasteiger partial charge is 0.360 e. The quantitative estimate of drug-likeness (QED) is 0.0445. The highest BCUT2D eigenvalue weighted by Crippen LogP contribution is 2.39. The van der Waals surface area contributed by atoms with Gasteiger partial charge in [-0.25, -0.2) is 59.8 Å². The summed E-state index contributed by atoms with van der Waals surface area (Å²) in [5, 5.41) is 20.7. The SMILES string of the molecule is Cc1cccc2cc([C@H](C)Nc3ncnc4nc[nH]c34)n(-c3ccccc3)c(=O)c12.Cc1cccc2cc([C@H](C)Nc3ncnc4nc[nH]c34)n(C(C)C)c(=O)c12.Cc1cccc2cc([C@H](C)Nc3ncnc4nc[nH]c34)n(C3CC3)c(=O)c12.Cc1cccc2cc([C@H](C)Nc3ncnc4nc[nH]c34)n(C3CCC3)c(=O)c12.S. The van der Waals surface area contributed by atoms with Gasteiger partial charge in [-0.2, -0.15) is 13.5 Å². The summed E-state index contributed by atoms with van der Waals surface area (Å²) in [6.45, 7) is 20.2. The van der Waals surface area contributed by atoms with E-state index in [-0.39, 0.29) is 72.0 Å². The van der Waals surface area contributed by atoms with Gasteiger partial charge in [0.25, 0.3) is 22.2 Å². The lowest BCUT2D eigenvalue weighted by Gasteiger charge is -2.32. The second-order valence-electron chi connectivity index (χ2n) is 29.1. The van der Waals surface area contributed by atoms with E-state index in [2.05, 4.69) is 139 Å². The number of H-pyrrole nitrogens is 4. The Morgan fingerprint density at radius 2 is 0.673 bits per heavy atom. The van der Waals surface area contributed by atoms with E-state index in [1.54, 1.807) is 29.9 Å². The Kier molecular flexibility index (Phi) is 21.0. The molecule has 0 bridgehead atoms. The maximum Gasteiger partial charge on any atom is 0.263 e. The summed E-state index contributed by atoms with van der Waals surface area (Å²) in [5.41, 5.74) is 14.2. The maximum atomic E-state index is 13.6. The minimum absolute atomic E-state index is 0. The van der Waals surface area contributed by atoms with Crippen LogP contribution in [0.2, 0.25) is 0 Å². The first kappa shape index (κ1) is 75.1. The fourth-order valence-electron chi connectivity index (χ4n) is 15.3. The second-order valence-corrected chi connectivity index (χ2v) is 29.1. The van der Waals surface area contributed by atoms with Gasteiger partial charge in [-0.3, -0.25) is 23.7 Å². The van der Waals surface area contributed by atoms with Crippen LogP contribution >= 0.6 is 13.5 Å². The van der Waals surface area contributed by atoms with Gasteiger partial charge in [0.15, 0.2) is 45.9 Å². The average Bonchev–Trinajstić information content (AvgIpc) is 1.66. The van der Waals surface area contributed by atoms with Crippen LogP contribution in [0.3, 0.4) is 0 Å². The molecule has 4 atom stereocenters. The van der Waals surface area contributed by atoms with Crippen molar-refractivity contribution in [2.24, 2.45) is 0 Å². The summed E-state index contributed by atoms with van der Waals surface area (Å²) < 4.78 is 7.61. The van der Waals surface area contributed by atoms with Gasteiger partial charge in [0, 0.05) is 46.6 Å². The van der Waals surface area contributed by atoms with Crippen molar-refractivity contribution in [3.63, 3.8) is 0 Å². The lowest BCUT2D eigenvalue weighted by molar-refractivity contribution is 0.298. The molecular weight excluding hydrogens is 1440 g/mol. The van der Waals surface area contributed by atoms with Gasteiger partial charge in [-0.15, -0.1) is 0 Å². The van der Waals surface area contributed by atoms with E-state index in [4.69, 9.17) is 0 Å². The molecule has 0 aliphatic heterocycles. The van der Waals surface area contributed by atoms with Crippen LogP contribution in [0.1, 0.15) is 161 Å². The molecule has 0 saturated heterocycles. The van der Waals surface area contributed by atoms with Crippen molar-refractivity contribution in [3.8, 4) is 5.69 Å². The van der Waals surface area contributed by atoms with E-state index < -0.39 is 0 Å². The molecule has 28 nitrogen and oxygen atoms in total. The van der Waals surface area contributed by atoms with Crippen LogP contribution < -0.4 is 43.5 Å². The van der Waals surface area contributed by atoms with Crippen molar-refractivity contribution >= 4 is 125 Å². The highest BCUT2D eigenvalue weighted by atomic mass is 32.1. The number of anilines is 4. The first-order valence-electron chi connectivity index (χ1n) is 37.6. The normalized spacial score (nSPS) is 13.9. The highest BCUT2D eigenvalue weighted by molar-refractivity contribution is 7.59. The molecule has 2 aliphatic rings. The molecule has 12 aromatic heterocycles. The summed E-state index contributed by atoms with van der Waals surface area (Å²) in [5.74, 6) is 2.68. The maximum absolute atomic E-state index is 13.6. The molecule has 2 aliphatic carbocycles. The van der Waals surface area contributed by atoms with E-state index in [0.29, 0.717) is 51.9 Å². The van der Waals surface area contributed by atoms with Gasteiger partial charge in [0.05, 0.1) is 71.0 Å². The minimum Gasteiger partial charge on any atom is -0.360 e. The monoisotopic (exact) mass is 1530 g/mol. The molecule has 0 unspecified atom stereocenters. The van der Waals surface area contributed by atoms with Crippen LogP contribution in [0.4, 0.5) is 23.3 Å². The Labute approximate surface area is 654 Å². The molecule has 2 fully saturated rings. The fourth-order valence-corrected chi connectivity index (χ4v) is 15.3. The van der Waals surface area contributed by atoms with Crippen LogP contribution in [0.5, 0.6) is 0 Å². The summed E-state index contributed by atoms with van der Waals surface area (Å²) >= 11 is 0. The molecule has 5 aromatic carbocycles. The zero-order valence-corrected chi connectivity index (χ0v) is 65.1. The smallest absolute Gasteiger partial charge is 0.263 e. The number of nitrogens with zero attached hydrogens (tertiary/aromatic N) is 16. The molecule has 12 heterocycles. The third-order valence-corrected chi connectivity index (χ3v) is 21.2. The average molecular weight is 1530 g/mol. The van der Waals surface area contributed by atoms with Crippen molar-refractivity contribution in [2.75, 3.05) is 21.3 Å². The van der Waals surface area contributed by atoms with Gasteiger partial charge in [-0.05, 0) is 182 Å². The van der Waals surface area contributed by atoms with Crippen LogP contribution in [-0.4, -0.2) is 98.0 Å². The lowest BCUT2D eigenvalue weighted by Crippen LogP contribution is -2.33. The topological polar surface area (TPSA) is 354 Å². The van der Waals surface area contributed by atoms with Crippen molar-refractivity contribution in [1.29, 1.82) is 0 Å². The van der Waals surface area contributed by atoms with Gasteiger partial charge in [-0.1, -0.05) is 91.0 Å². The van der Waals surface area contributed by atoms with E-state index in [9.17, 15) is 19.2 Å². The number of aromatic amines is 4. The molecule has 29 heteroatoms. The predicted molar refractivity (Wildman–Crippen MR) is 450 cm³/mol. The summed E-state index contributed by atoms with van der Waals surface area (Å²) in [7, 11) is 0. The van der Waals surface area contributed by atoms with E-state index >= 15 is 0 Å². The minimum atomic E-state index is -0.204. The number of hydrogen-bond donors (Lipinski definition) is 8. The number of aromatic nitrogens is 20. The summed E-state index contributed by atoms with van der Waals surface area (Å²) in [4.78, 5) is 117. The number of hydrogen-bond acceptors (Lipinski definition) is 20. The summed E-state index contributed by atoms with van der Waals surface area (Å²) in [6.07, 6.45) is 17.7. The van der Waals surface area contributed by atoms with Crippen molar-refractivity contribution < 1.29 is 0 Å². The highest BCUT2D eigenvalue weighted by Gasteiger charge is 2.31. The molecule has 17 aromatic rings. The molecule has 0 spiro atoms. The van der Waals surface area contributed by atoms with Crippen LogP contribution in [-0.2, 0) is 0 Å². The molecule has 19 rings (SSSR count). The summed E-state index contributed by atoms with van der Waals surface area (Å²) in [6, 6.07) is 42.1. The van der Waals surface area contributed by atoms with Gasteiger partial charge >= 0.3 is 0 Å². The number of nitrogens with one attached hydrogen (secondary N) is 8. The molecule has 0 radical (unpaired) electrons. The number of fused-ring (bicyclic) bond motifs is 8. The second kappa shape index (κ2) is 31.6. The lowest BCUT2D eigenvalue weighted by atomic mass is 9.91. The molecule has 2 saturated carbocycles. The molecule has 113 heavy (non-hydrogen) atoms. The Morgan fingerprint density at radius 3 is 1.02 bits per heavy atom. The standard InChI is InChI=1S/C23H20N6O.C21H22N6O.C20H20N6O.C20H22N6O.H2S/c1-14-7-6-8-16-11-18(29(23(30)19(14)16)17-9-4-3-5-10-17)15(2)28-22-20-21(25-12-24-20)26-13-27-22;1-12-5-3-6-14-9-16(27(15-7-4-8-15)21(28)17(12)14)13(2)26-20-18-19(23-10-22-18)24-11-25-20;1-11-4-3-5-13-8-15(26(14-6-7-14)20(27)16(11)13)12(2)25-19-17-18(22-9-21-17)23-10-24-19;1-11(2)26-15(8-14-7-5-6-12(3)16(14)20(26)27)13(4)25-19-17-18(22-9-21-17)23-10-24-19;/h3-13,15H,1-2H3,(H2,24,25,26,27,28);3,5-6,9-11,13,15H,4,7-8H2,1-2H3,(H2,22,23,24,25,26);3-5,8-10,12,14H,6-7H2,1-2H3,(H2,21,22,23,24,25);5-11,13H,1-4H3,(H2,21,22,23,24,25);1H2/t15-;13-;12-;13-;/m0000./s1. The number of benzene rings is 5. The first-order valence-corrected chi connectivity index (χ1v) is 37.6. The molecule has 8 N–H and O–H groups in total. The van der Waals surface area contributed by atoms with E-state index in [1.165, 1.54) is 31.7 Å². The molecular formula is C84H86N24O4S. The Balaban J connectivity index is 0.000000119. The van der Waals surface area contributed by atoms with E-state index in [0.717, 1.165) is 142 Å². The fraction of sp³-hybridized carbons (Fsp3) is 0.262. The van der Waals surface area contributed by atoms with Gasteiger partial charge in [0.1, 0.15) is 47.4 Å². The Hall–Kier alpha value is -13.3. The Morgan fingerprint density at radius 1 is 0.354 bits per heavy atom. The zero-order valence-electron chi connectivity index (χ0n) is 64.1. The van der Waals surface area contributed by atoms with Crippen molar-refractivity contribution in [1.82, 2.24) is 98.0 Å². The van der Waals surface area contributed by atoms with Gasteiger partial charge < -0.3 is 54.9 Å². The number of imidazole rings is 4. The van der Waals surface area contributed by atoms with Crippen LogP contribution in [0.25, 0.3) is 93.4 Å². The molecule has 0 amide bonds. The van der Waals surface area contributed by atoms with Crippen molar-refractivity contribution in [2.45, 2.75) is 144 Å². The number of rotatable bonds is 16. The van der Waals surface area contributed by atoms with Crippen LogP contribution in [0, 0.1) is 27.7 Å². The zero-order chi connectivity index (χ0) is 77.6. The van der Waals surface area contributed by atoms with Crippen molar-refractivity contribution in [3.05, 3.63) is 264 Å². The third kappa shape index (κ3) is 14.6. The first-order chi connectivity index (χ1) is 54.4. The van der Waals surface area contributed by atoms with Crippen LogP contribution in [0.15, 0.2) is 197 Å². The number of aryl methyl sites for hydroxylation is 4. The molecule has 572 valence electrons. The van der Waals surface area contributed by atoms with Gasteiger partial charge in [0.2, 0.25) is 0 Å². The van der Waals surface area contributed by atoms with E-state index in [1.807, 2.05) is 172 Å². The number of pyridine rings is 4. The number of para-hydroxylation sites is 1. The predicted octanol–water partition coefficient (Wildman–Crippen LogP) is 15.3. The third-order valence-electron chi connectivity index (χ3n) is 21.2.